The van der Waals surface area contributed by atoms with E-state index in [0.717, 1.165) is 24.3 Å². The van der Waals surface area contributed by atoms with Crippen LogP contribution in [0.4, 0.5) is 13.2 Å². The van der Waals surface area contributed by atoms with E-state index in [4.69, 9.17) is 27.9 Å². The minimum atomic E-state index is -4.48. The summed E-state index contributed by atoms with van der Waals surface area (Å²) in [5, 5.41) is 0.724. The van der Waals surface area contributed by atoms with E-state index in [-0.39, 0.29) is 12.1 Å². The van der Waals surface area contributed by atoms with Crippen LogP contribution in [-0.4, -0.2) is 15.5 Å². The molecule has 1 unspecified atom stereocenters. The molecular weight excluding hydrogens is 416 g/mol. The van der Waals surface area contributed by atoms with Crippen molar-refractivity contribution < 1.29 is 22.7 Å². The number of imidazole rings is 1. The average Bonchev–Trinajstić information content (AvgIpc) is 3.13. The SMILES string of the molecule is O=C(OC(Cn1ccnc1)c1ccc(Cl)cc1Cl)c1ccc(C(F)(F)F)cc1. The fraction of sp³-hybridized carbons (Fsp3) is 0.158. The van der Waals surface area contributed by atoms with Crippen LogP contribution in [-0.2, 0) is 17.5 Å². The molecule has 3 rings (SSSR count). The van der Waals surface area contributed by atoms with E-state index in [1.807, 2.05) is 0 Å². The first-order chi connectivity index (χ1) is 13.2. The number of alkyl halides is 3. The second-order valence-electron chi connectivity index (χ2n) is 5.89. The van der Waals surface area contributed by atoms with Crippen LogP contribution in [0.5, 0.6) is 0 Å². The van der Waals surface area contributed by atoms with Gasteiger partial charge in [-0.2, -0.15) is 13.2 Å². The molecule has 0 fully saturated rings. The first-order valence-corrected chi connectivity index (χ1v) is 8.78. The lowest BCUT2D eigenvalue weighted by atomic mass is 10.1. The Hall–Kier alpha value is -2.51. The summed E-state index contributed by atoms with van der Waals surface area (Å²) in [7, 11) is 0. The highest BCUT2D eigenvalue weighted by Gasteiger charge is 2.30. The van der Waals surface area contributed by atoms with Crippen molar-refractivity contribution in [3.8, 4) is 0 Å². The number of carbonyl (C=O) groups excluding carboxylic acids is 1. The second-order valence-corrected chi connectivity index (χ2v) is 6.74. The van der Waals surface area contributed by atoms with E-state index in [0.29, 0.717) is 15.6 Å². The van der Waals surface area contributed by atoms with Gasteiger partial charge in [0.25, 0.3) is 0 Å². The third-order valence-electron chi connectivity index (χ3n) is 3.94. The van der Waals surface area contributed by atoms with E-state index >= 15 is 0 Å². The van der Waals surface area contributed by atoms with Gasteiger partial charge < -0.3 is 9.30 Å². The van der Waals surface area contributed by atoms with Crippen molar-refractivity contribution in [3.63, 3.8) is 0 Å². The summed E-state index contributed by atoms with van der Waals surface area (Å²) in [6, 6.07) is 8.56. The summed E-state index contributed by atoms with van der Waals surface area (Å²) in [6.07, 6.45) is -0.485. The van der Waals surface area contributed by atoms with Gasteiger partial charge in [0.15, 0.2) is 0 Å². The van der Waals surface area contributed by atoms with Gasteiger partial charge in [-0.05, 0) is 36.4 Å². The number of halogens is 5. The molecule has 2 aromatic carbocycles. The maximum Gasteiger partial charge on any atom is 0.416 e. The smallest absolute Gasteiger partial charge is 0.416 e. The Morgan fingerprint density at radius 3 is 2.43 bits per heavy atom. The van der Waals surface area contributed by atoms with Crippen LogP contribution in [0.3, 0.4) is 0 Å². The van der Waals surface area contributed by atoms with Crippen molar-refractivity contribution in [2.75, 3.05) is 0 Å². The van der Waals surface area contributed by atoms with E-state index in [2.05, 4.69) is 4.98 Å². The minimum Gasteiger partial charge on any atom is -0.452 e. The van der Waals surface area contributed by atoms with Gasteiger partial charge in [0.05, 0.1) is 24.0 Å². The first-order valence-electron chi connectivity index (χ1n) is 8.03. The van der Waals surface area contributed by atoms with Crippen molar-refractivity contribution in [1.29, 1.82) is 0 Å². The highest BCUT2D eigenvalue weighted by atomic mass is 35.5. The largest absolute Gasteiger partial charge is 0.452 e. The molecular formula is C19H13Cl2F3N2O2. The van der Waals surface area contributed by atoms with Gasteiger partial charge in [0, 0.05) is 28.0 Å². The Morgan fingerprint density at radius 2 is 1.86 bits per heavy atom. The molecule has 4 nitrogen and oxygen atoms in total. The van der Waals surface area contributed by atoms with E-state index < -0.39 is 23.8 Å². The van der Waals surface area contributed by atoms with Gasteiger partial charge in [-0.15, -0.1) is 0 Å². The lowest BCUT2D eigenvalue weighted by Gasteiger charge is -2.20. The lowest BCUT2D eigenvalue weighted by Crippen LogP contribution is -2.17. The predicted molar refractivity (Wildman–Crippen MR) is 98.3 cm³/mol. The highest BCUT2D eigenvalue weighted by Crippen LogP contribution is 2.32. The third-order valence-corrected chi connectivity index (χ3v) is 4.50. The molecule has 0 aliphatic heterocycles. The Morgan fingerprint density at radius 1 is 1.14 bits per heavy atom. The molecule has 0 saturated heterocycles. The summed E-state index contributed by atoms with van der Waals surface area (Å²) < 4.78 is 45.3. The fourth-order valence-electron chi connectivity index (χ4n) is 2.54. The molecule has 1 aromatic heterocycles. The average molecular weight is 429 g/mol. The maximum absolute atomic E-state index is 12.7. The summed E-state index contributed by atoms with van der Waals surface area (Å²) in [4.78, 5) is 16.4. The van der Waals surface area contributed by atoms with Crippen molar-refractivity contribution in [2.45, 2.75) is 18.8 Å². The number of rotatable bonds is 5. The molecule has 9 heteroatoms. The number of esters is 1. The van der Waals surface area contributed by atoms with E-state index in [1.54, 1.807) is 35.4 Å². The summed E-state index contributed by atoms with van der Waals surface area (Å²) >= 11 is 12.2. The maximum atomic E-state index is 12.7. The number of nitrogens with zero attached hydrogens (tertiary/aromatic N) is 2. The monoisotopic (exact) mass is 428 g/mol. The number of hydrogen-bond acceptors (Lipinski definition) is 3. The van der Waals surface area contributed by atoms with Crippen LogP contribution in [0.2, 0.25) is 10.0 Å². The van der Waals surface area contributed by atoms with Gasteiger partial charge in [0.2, 0.25) is 0 Å². The molecule has 0 saturated carbocycles. The fourth-order valence-corrected chi connectivity index (χ4v) is 3.07. The first kappa shape index (κ1) is 20.2. The predicted octanol–water partition coefficient (Wildman–Crippen LogP) is 5.81. The minimum absolute atomic E-state index is 0.00582. The molecule has 28 heavy (non-hydrogen) atoms. The quantitative estimate of drug-likeness (QED) is 0.481. The van der Waals surface area contributed by atoms with Gasteiger partial charge in [-0.1, -0.05) is 29.3 Å². The molecule has 3 aromatic rings. The summed E-state index contributed by atoms with van der Waals surface area (Å²) in [6.45, 7) is 0.216. The van der Waals surface area contributed by atoms with Crippen LogP contribution >= 0.6 is 23.2 Å². The molecule has 0 N–H and O–H groups in total. The normalized spacial score (nSPS) is 12.6. The topological polar surface area (TPSA) is 44.1 Å². The highest BCUT2D eigenvalue weighted by molar-refractivity contribution is 6.35. The zero-order valence-electron chi connectivity index (χ0n) is 14.2. The van der Waals surface area contributed by atoms with Gasteiger partial charge in [-0.3, -0.25) is 0 Å². The van der Waals surface area contributed by atoms with Crippen molar-refractivity contribution >= 4 is 29.2 Å². The van der Waals surface area contributed by atoms with Crippen LogP contribution in [0, 0.1) is 0 Å². The van der Waals surface area contributed by atoms with E-state index in [1.165, 1.54) is 6.07 Å². The van der Waals surface area contributed by atoms with E-state index in [9.17, 15) is 18.0 Å². The van der Waals surface area contributed by atoms with Crippen LogP contribution in [0.25, 0.3) is 0 Å². The standard InChI is InChI=1S/C19H13Cl2F3N2O2/c20-14-5-6-15(16(21)9-14)17(10-26-8-7-25-11-26)28-18(27)12-1-3-13(4-2-12)19(22,23)24/h1-9,11,17H,10H2. The Kier molecular flexibility index (Phi) is 5.96. The molecule has 0 aliphatic carbocycles. The number of carbonyl (C=O) groups is 1. The number of benzene rings is 2. The molecule has 1 atom stereocenters. The lowest BCUT2D eigenvalue weighted by molar-refractivity contribution is -0.137. The zero-order valence-corrected chi connectivity index (χ0v) is 15.7. The Balaban J connectivity index is 1.85. The molecule has 0 aliphatic rings. The van der Waals surface area contributed by atoms with Crippen molar-refractivity contribution in [1.82, 2.24) is 9.55 Å². The van der Waals surface area contributed by atoms with Gasteiger partial charge >= 0.3 is 12.1 Å². The molecule has 0 amide bonds. The van der Waals surface area contributed by atoms with Crippen molar-refractivity contribution in [2.24, 2.45) is 0 Å². The Bertz CT molecular complexity index is 958. The van der Waals surface area contributed by atoms with Crippen molar-refractivity contribution in [3.05, 3.63) is 87.9 Å². The second kappa shape index (κ2) is 8.24. The Labute approximate surface area is 168 Å². The molecule has 0 spiro atoms. The summed E-state index contributed by atoms with van der Waals surface area (Å²) in [5.41, 5.74) is -0.339. The number of hydrogen-bond donors (Lipinski definition) is 0. The molecule has 0 bridgehead atoms. The number of ether oxygens (including phenoxy) is 1. The van der Waals surface area contributed by atoms with Crippen LogP contribution in [0.1, 0.15) is 27.6 Å². The molecule has 146 valence electrons. The molecule has 0 radical (unpaired) electrons. The zero-order chi connectivity index (χ0) is 20.3. The van der Waals surface area contributed by atoms with Gasteiger partial charge in [0.1, 0.15) is 6.10 Å². The van der Waals surface area contributed by atoms with Crippen LogP contribution in [0.15, 0.2) is 61.2 Å². The van der Waals surface area contributed by atoms with Gasteiger partial charge in [-0.25, -0.2) is 9.78 Å². The summed E-state index contributed by atoms with van der Waals surface area (Å²) in [5.74, 6) is -0.773. The third kappa shape index (κ3) is 4.85. The number of aromatic nitrogens is 2. The molecule has 1 heterocycles. The van der Waals surface area contributed by atoms with Crippen LogP contribution < -0.4 is 0 Å².